The highest BCUT2D eigenvalue weighted by atomic mass is 35.5. The van der Waals surface area contributed by atoms with Crippen LogP contribution in [0.5, 0.6) is 11.5 Å². The molecule has 1 N–H and O–H groups in total. The van der Waals surface area contributed by atoms with E-state index >= 15 is 0 Å². The first-order valence-electron chi connectivity index (χ1n) is 11.3. The van der Waals surface area contributed by atoms with Crippen LogP contribution >= 0.6 is 11.6 Å². The summed E-state index contributed by atoms with van der Waals surface area (Å²) in [6, 6.07) is 13.1. The molecule has 0 aromatic heterocycles. The van der Waals surface area contributed by atoms with E-state index in [1.54, 1.807) is 32.9 Å². The maximum Gasteiger partial charge on any atom is 0.315 e. The first-order chi connectivity index (χ1) is 16.2. The maximum atomic E-state index is 13.6. The fraction of sp³-hybridized carbons (Fsp3) is 0.370. The van der Waals surface area contributed by atoms with Gasteiger partial charge in [-0.25, -0.2) is 0 Å². The third-order valence-electron chi connectivity index (χ3n) is 6.40. The number of carbonyl (C=O) groups is 2. The summed E-state index contributed by atoms with van der Waals surface area (Å²) in [7, 11) is 1.42. The van der Waals surface area contributed by atoms with Crippen LogP contribution in [0.25, 0.3) is 0 Å². The van der Waals surface area contributed by atoms with Crippen LogP contribution in [0, 0.1) is 5.92 Å². The number of hydrogen-bond donors (Lipinski definition) is 1. The average Bonchev–Trinajstić information content (AvgIpc) is 2.79. The van der Waals surface area contributed by atoms with E-state index < -0.39 is 17.8 Å². The second-order valence-electron chi connectivity index (χ2n) is 9.05. The zero-order valence-corrected chi connectivity index (χ0v) is 20.4. The molecule has 1 heterocycles. The lowest BCUT2D eigenvalue weighted by atomic mass is 9.69. The highest BCUT2D eigenvalue weighted by molar-refractivity contribution is 6.32. The molecule has 0 saturated carbocycles. The normalized spacial score (nSPS) is 22.4. The Labute approximate surface area is 204 Å². The van der Waals surface area contributed by atoms with Crippen LogP contribution in [0.15, 0.2) is 58.7 Å². The van der Waals surface area contributed by atoms with E-state index in [2.05, 4.69) is 0 Å². The third-order valence-corrected chi connectivity index (χ3v) is 6.68. The van der Waals surface area contributed by atoms with Crippen LogP contribution < -0.4 is 4.74 Å². The fourth-order valence-electron chi connectivity index (χ4n) is 4.92. The standard InChI is InChI=1S/C27H28ClNO5/c1-14(2)34-27(32)23-15(3)29-20-11-17(16-8-6-5-7-9-16)12-21(30)25(20)24(23)18-10-19(28)26(31)22(13-18)33-4/h5-10,13-14,17,23-24,31H,11-12H2,1-4H3/t17-,23?,24+/m0/s1. The van der Waals surface area contributed by atoms with Gasteiger partial charge in [0.1, 0.15) is 5.92 Å². The minimum atomic E-state index is -0.788. The number of hydrogen-bond acceptors (Lipinski definition) is 6. The molecular weight excluding hydrogens is 454 g/mol. The van der Waals surface area contributed by atoms with Gasteiger partial charge < -0.3 is 14.6 Å². The molecule has 1 unspecified atom stereocenters. The second kappa shape index (κ2) is 9.63. The topological polar surface area (TPSA) is 85.2 Å². The number of benzene rings is 2. The van der Waals surface area contributed by atoms with Crippen molar-refractivity contribution >= 4 is 29.1 Å². The number of halogens is 1. The zero-order valence-electron chi connectivity index (χ0n) is 19.7. The van der Waals surface area contributed by atoms with Crippen molar-refractivity contribution in [3.05, 3.63) is 69.9 Å². The molecule has 6 nitrogen and oxygen atoms in total. The first kappa shape index (κ1) is 24.0. The minimum absolute atomic E-state index is 0.0155. The van der Waals surface area contributed by atoms with E-state index in [-0.39, 0.29) is 34.3 Å². The molecule has 2 aromatic carbocycles. The van der Waals surface area contributed by atoms with Gasteiger partial charge in [-0.2, -0.15) is 0 Å². The molecule has 4 rings (SSSR count). The monoisotopic (exact) mass is 481 g/mol. The van der Waals surface area contributed by atoms with Gasteiger partial charge in [-0.1, -0.05) is 41.9 Å². The van der Waals surface area contributed by atoms with Crippen LogP contribution in [0.1, 0.15) is 56.6 Å². The number of esters is 1. The molecule has 0 radical (unpaired) electrons. The molecular formula is C27H28ClNO5. The van der Waals surface area contributed by atoms with Crippen LogP contribution in [0.3, 0.4) is 0 Å². The Hall–Kier alpha value is -3.12. The van der Waals surface area contributed by atoms with Crippen molar-refractivity contribution in [1.29, 1.82) is 0 Å². The van der Waals surface area contributed by atoms with Gasteiger partial charge >= 0.3 is 5.97 Å². The van der Waals surface area contributed by atoms with Crippen molar-refractivity contribution in [1.82, 2.24) is 0 Å². The molecule has 0 spiro atoms. The molecule has 1 aliphatic heterocycles. The maximum absolute atomic E-state index is 13.6. The summed E-state index contributed by atoms with van der Waals surface area (Å²) in [5.41, 5.74) is 3.46. The van der Waals surface area contributed by atoms with Gasteiger partial charge in [-0.3, -0.25) is 14.6 Å². The van der Waals surface area contributed by atoms with Crippen molar-refractivity contribution in [2.75, 3.05) is 7.11 Å². The molecule has 2 aromatic rings. The molecule has 7 heteroatoms. The number of ketones is 1. The van der Waals surface area contributed by atoms with E-state index in [1.165, 1.54) is 7.11 Å². The predicted molar refractivity (Wildman–Crippen MR) is 131 cm³/mol. The number of ether oxygens (including phenoxy) is 2. The lowest BCUT2D eigenvalue weighted by Gasteiger charge is -2.37. The Bertz CT molecular complexity index is 1190. The average molecular weight is 482 g/mol. The molecule has 0 amide bonds. The number of Topliss-reactive ketones (excluding diaryl/α,β-unsaturated/α-hetero) is 1. The highest BCUT2D eigenvalue weighted by Gasteiger charge is 2.45. The molecule has 3 atom stereocenters. The Morgan fingerprint density at radius 2 is 1.85 bits per heavy atom. The molecule has 2 aliphatic rings. The second-order valence-corrected chi connectivity index (χ2v) is 9.45. The van der Waals surface area contributed by atoms with Crippen molar-refractivity contribution < 1.29 is 24.2 Å². The third kappa shape index (κ3) is 4.47. The van der Waals surface area contributed by atoms with Gasteiger partial charge in [0.05, 0.1) is 18.2 Å². The van der Waals surface area contributed by atoms with Crippen LogP contribution in [0.2, 0.25) is 5.02 Å². The lowest BCUT2D eigenvalue weighted by molar-refractivity contribution is -0.150. The summed E-state index contributed by atoms with van der Waals surface area (Å²) in [5.74, 6) is -1.94. The van der Waals surface area contributed by atoms with Gasteiger partial charge in [0.15, 0.2) is 17.3 Å². The van der Waals surface area contributed by atoms with E-state index in [0.29, 0.717) is 35.4 Å². The van der Waals surface area contributed by atoms with E-state index in [0.717, 1.165) is 5.56 Å². The summed E-state index contributed by atoms with van der Waals surface area (Å²) < 4.78 is 10.9. The number of carbonyl (C=O) groups excluding carboxylic acids is 2. The SMILES string of the molecule is COc1cc([C@H]2C3=C(C[C@H](c4ccccc4)CC3=O)N=C(C)C2C(=O)OC(C)C)cc(Cl)c1O. The number of phenolic OH excluding ortho intramolecular Hbond substituents is 1. The first-order valence-corrected chi connectivity index (χ1v) is 11.7. The number of nitrogens with zero attached hydrogens (tertiary/aromatic N) is 1. The van der Waals surface area contributed by atoms with Crippen molar-refractivity contribution in [2.45, 2.75) is 51.6 Å². The quantitative estimate of drug-likeness (QED) is 0.563. The summed E-state index contributed by atoms with van der Waals surface area (Å²) in [5, 5.41) is 10.3. The molecule has 0 fully saturated rings. The fourth-order valence-corrected chi connectivity index (χ4v) is 5.14. The summed E-state index contributed by atoms with van der Waals surface area (Å²) in [6.07, 6.45) is 0.593. The number of aliphatic imine (C=N–C) groups is 1. The van der Waals surface area contributed by atoms with E-state index in [9.17, 15) is 14.7 Å². The van der Waals surface area contributed by atoms with Crippen LogP contribution in [0.4, 0.5) is 0 Å². The van der Waals surface area contributed by atoms with Crippen molar-refractivity contribution in [2.24, 2.45) is 10.9 Å². The number of phenols is 1. The Morgan fingerprint density at radius 3 is 2.50 bits per heavy atom. The van der Waals surface area contributed by atoms with E-state index in [1.807, 2.05) is 30.3 Å². The molecule has 178 valence electrons. The highest BCUT2D eigenvalue weighted by Crippen LogP contribution is 2.49. The summed E-state index contributed by atoms with van der Waals surface area (Å²) in [6.45, 7) is 5.35. The van der Waals surface area contributed by atoms with Gasteiger partial charge in [0.25, 0.3) is 0 Å². The van der Waals surface area contributed by atoms with Crippen molar-refractivity contribution in [3.63, 3.8) is 0 Å². The van der Waals surface area contributed by atoms with Crippen molar-refractivity contribution in [3.8, 4) is 11.5 Å². The molecule has 1 aliphatic carbocycles. The molecule has 0 saturated heterocycles. The largest absolute Gasteiger partial charge is 0.503 e. The van der Waals surface area contributed by atoms with Gasteiger partial charge in [-0.05, 0) is 56.4 Å². The Kier molecular flexibility index (Phi) is 6.80. The van der Waals surface area contributed by atoms with Gasteiger partial charge in [-0.15, -0.1) is 0 Å². The summed E-state index contributed by atoms with van der Waals surface area (Å²) in [4.78, 5) is 31.6. The Balaban J connectivity index is 1.86. The molecule has 34 heavy (non-hydrogen) atoms. The predicted octanol–water partition coefficient (Wildman–Crippen LogP) is 5.58. The van der Waals surface area contributed by atoms with Gasteiger partial charge in [0, 0.05) is 29.3 Å². The number of allylic oxidation sites excluding steroid dienone is 2. The number of rotatable bonds is 5. The smallest absolute Gasteiger partial charge is 0.315 e. The summed E-state index contributed by atoms with van der Waals surface area (Å²) >= 11 is 6.30. The van der Waals surface area contributed by atoms with Gasteiger partial charge in [0.2, 0.25) is 0 Å². The zero-order chi connectivity index (χ0) is 24.6. The van der Waals surface area contributed by atoms with Crippen LogP contribution in [-0.4, -0.2) is 35.8 Å². The lowest BCUT2D eigenvalue weighted by Crippen LogP contribution is -2.38. The number of methoxy groups -OCH3 is 1. The number of aromatic hydroxyl groups is 1. The van der Waals surface area contributed by atoms with Crippen LogP contribution in [-0.2, 0) is 14.3 Å². The molecule has 0 bridgehead atoms. The Morgan fingerprint density at radius 1 is 1.15 bits per heavy atom. The minimum Gasteiger partial charge on any atom is -0.503 e. The van der Waals surface area contributed by atoms with E-state index in [4.69, 9.17) is 26.1 Å².